The number of hydrogen-bond acceptors (Lipinski definition) is 8. The van der Waals surface area contributed by atoms with Crippen LogP contribution in [0, 0.1) is 0 Å². The van der Waals surface area contributed by atoms with Crippen molar-refractivity contribution in [3.8, 4) is 5.75 Å². The van der Waals surface area contributed by atoms with Gasteiger partial charge in [0, 0.05) is 6.42 Å². The zero-order valence-corrected chi connectivity index (χ0v) is 23.0. The molecule has 1 aliphatic carbocycles. The number of benzene rings is 2. The number of H-pyrrole nitrogens is 1. The number of halogens is 3. The molecule has 1 atom stereocenters. The van der Waals surface area contributed by atoms with E-state index in [1.54, 1.807) is 12.1 Å². The van der Waals surface area contributed by atoms with Crippen molar-refractivity contribution in [2.24, 2.45) is 0 Å². The number of aromatic nitrogens is 2. The molecule has 0 unspecified atom stereocenters. The lowest BCUT2D eigenvalue weighted by Crippen LogP contribution is -2.44. The summed E-state index contributed by atoms with van der Waals surface area (Å²) in [5, 5.41) is 5.94. The quantitative estimate of drug-likeness (QED) is 0.363. The molecule has 1 fully saturated rings. The summed E-state index contributed by atoms with van der Waals surface area (Å²) in [4.78, 5) is 23.8. The fourth-order valence-electron chi connectivity index (χ4n) is 4.52. The molecule has 10 nitrogen and oxygen atoms in total. The van der Waals surface area contributed by atoms with E-state index >= 15 is 0 Å². The highest BCUT2D eigenvalue weighted by molar-refractivity contribution is 7.92. The first kappa shape index (κ1) is 28.7. The van der Waals surface area contributed by atoms with Gasteiger partial charge in [0.15, 0.2) is 0 Å². The van der Waals surface area contributed by atoms with Gasteiger partial charge < -0.3 is 13.9 Å². The fraction of sp³-hybridized carbons (Fsp3) is 0.444. The van der Waals surface area contributed by atoms with Gasteiger partial charge in [0.1, 0.15) is 11.9 Å². The van der Waals surface area contributed by atoms with E-state index < -0.39 is 46.1 Å². The molecule has 0 spiro atoms. The second kappa shape index (κ2) is 10.5. The lowest BCUT2D eigenvalue weighted by molar-refractivity contribution is -0.257. The number of anilines is 1. The van der Waals surface area contributed by atoms with Gasteiger partial charge in [-0.15, -0.1) is 5.10 Å². The Morgan fingerprint density at radius 1 is 1.17 bits per heavy atom. The normalized spacial score (nSPS) is 17.6. The number of carbonyl (C=O) groups is 1. The highest BCUT2D eigenvalue weighted by atomic mass is 32.2. The van der Waals surface area contributed by atoms with Crippen molar-refractivity contribution in [3.63, 3.8) is 0 Å². The average Bonchev–Trinajstić information content (AvgIpc) is 3.67. The molecule has 3 aromatic rings. The first-order valence-electron chi connectivity index (χ1n) is 13.0. The van der Waals surface area contributed by atoms with Crippen molar-refractivity contribution < 1.29 is 40.3 Å². The summed E-state index contributed by atoms with van der Waals surface area (Å²) in [6, 6.07) is 11.1. The minimum atomic E-state index is -4.76. The Morgan fingerprint density at radius 3 is 2.59 bits per heavy atom. The predicted molar refractivity (Wildman–Crippen MR) is 139 cm³/mol. The van der Waals surface area contributed by atoms with Crippen molar-refractivity contribution in [1.29, 1.82) is 0 Å². The Bertz CT molecular complexity index is 1610. The zero-order chi connectivity index (χ0) is 29.6. The number of ether oxygens (including phenoxy) is 2. The summed E-state index contributed by atoms with van der Waals surface area (Å²) < 4.78 is 84.4. The largest absolute Gasteiger partial charge is 0.486 e. The van der Waals surface area contributed by atoms with Gasteiger partial charge in [-0.2, -0.15) is 13.2 Å². The number of nitrogens with one attached hydrogen (secondary N) is 1. The molecule has 5 rings (SSSR count). The van der Waals surface area contributed by atoms with Crippen molar-refractivity contribution >= 4 is 21.7 Å². The average molecular weight is 596 g/mol. The Balaban J connectivity index is 1.44. The molecular weight excluding hydrogens is 567 g/mol. The number of carbonyl (C=O) groups excluding carboxylic acids is 1. The topological polar surface area (TPSA) is 132 Å². The van der Waals surface area contributed by atoms with Crippen LogP contribution in [0.3, 0.4) is 0 Å². The number of fused-ring (bicyclic) bond motifs is 1. The number of aromatic amines is 1. The highest BCUT2D eigenvalue weighted by Gasteiger charge is 2.50. The van der Waals surface area contributed by atoms with Crippen LogP contribution in [0.5, 0.6) is 5.75 Å². The molecule has 1 aromatic heterocycles. The molecule has 2 heterocycles. The highest BCUT2D eigenvalue weighted by Crippen LogP contribution is 2.42. The number of aryl methyl sites for hydroxylation is 1. The molecular formula is C27H28F3N3O7S. The molecule has 2 aromatic carbocycles. The summed E-state index contributed by atoms with van der Waals surface area (Å²) in [6.07, 6.45) is -3.49. The molecule has 0 amide bonds. The third-order valence-corrected chi connectivity index (χ3v) is 8.79. The number of sulfonamides is 1. The summed E-state index contributed by atoms with van der Waals surface area (Å²) in [5.74, 6) is -1.16. The summed E-state index contributed by atoms with van der Waals surface area (Å²) in [5.41, 5.74) is -1.37. The van der Waals surface area contributed by atoms with E-state index in [1.807, 2.05) is 6.07 Å². The number of esters is 1. The van der Waals surface area contributed by atoms with E-state index in [4.69, 9.17) is 9.15 Å². The maximum Gasteiger partial charge on any atom is 0.434 e. The van der Waals surface area contributed by atoms with Crippen LogP contribution in [0.2, 0.25) is 0 Å². The molecule has 0 saturated heterocycles. The monoisotopic (exact) mass is 595 g/mol. The van der Waals surface area contributed by atoms with E-state index in [9.17, 15) is 31.2 Å². The minimum absolute atomic E-state index is 0.0866. The molecule has 1 N–H and O–H groups in total. The van der Waals surface area contributed by atoms with E-state index in [-0.39, 0.29) is 47.2 Å². The molecule has 1 saturated carbocycles. The van der Waals surface area contributed by atoms with Crippen LogP contribution >= 0.6 is 0 Å². The van der Waals surface area contributed by atoms with E-state index in [1.165, 1.54) is 28.6 Å². The van der Waals surface area contributed by atoms with Crippen LogP contribution in [0.25, 0.3) is 0 Å². The van der Waals surface area contributed by atoms with Crippen LogP contribution < -0.4 is 14.8 Å². The van der Waals surface area contributed by atoms with Gasteiger partial charge in [-0.25, -0.2) is 18.3 Å². The summed E-state index contributed by atoms with van der Waals surface area (Å²) in [7, 11) is -4.12. The maximum absolute atomic E-state index is 14.0. The van der Waals surface area contributed by atoms with Crippen LogP contribution in [-0.2, 0) is 32.4 Å². The molecule has 1 aliphatic heterocycles. The maximum atomic E-state index is 14.0. The van der Waals surface area contributed by atoms with Crippen molar-refractivity contribution in [2.45, 2.75) is 74.6 Å². The van der Waals surface area contributed by atoms with Gasteiger partial charge in [-0.3, -0.25) is 9.10 Å². The lowest BCUT2D eigenvalue weighted by atomic mass is 10.1. The Kier molecular flexibility index (Phi) is 7.38. The number of hydrogen-bond donors (Lipinski definition) is 1. The Hall–Kier alpha value is -3.81. The van der Waals surface area contributed by atoms with Crippen molar-refractivity contribution in [2.75, 3.05) is 10.8 Å². The van der Waals surface area contributed by atoms with Gasteiger partial charge >= 0.3 is 17.9 Å². The summed E-state index contributed by atoms with van der Waals surface area (Å²) >= 11 is 0. The predicted octanol–water partition coefficient (Wildman–Crippen LogP) is 4.26. The SMILES string of the molecule is CC(C)(OC(=O)Cc1ccc2c(c1)N(S(=O)(=O)c1cccc(C3CC3)c1)C[C@H](CCc1n[nH]c(=O)o1)O2)C(F)(F)F. The fourth-order valence-corrected chi connectivity index (χ4v) is 6.07. The van der Waals surface area contributed by atoms with Crippen LogP contribution in [0.15, 0.2) is 56.6 Å². The second-order valence-electron chi connectivity index (χ2n) is 10.6. The molecule has 2 aliphatic rings. The molecule has 0 radical (unpaired) electrons. The Labute approximate surface area is 233 Å². The smallest absolute Gasteiger partial charge is 0.434 e. The first-order valence-corrected chi connectivity index (χ1v) is 14.4. The molecule has 14 heteroatoms. The van der Waals surface area contributed by atoms with Crippen molar-refractivity contribution in [3.05, 3.63) is 70.0 Å². The molecule has 0 bridgehead atoms. The standard InChI is InChI=1S/C27H28F3N3O7S/c1-26(2,27(28,29)30)40-24(34)13-16-6-10-22-21(12-16)33(15-19(38-22)9-11-23-31-32-25(35)39-23)41(36,37)20-5-3-4-18(14-20)17-7-8-17/h3-6,10,12,14,17,19H,7-9,11,13,15H2,1-2H3,(H,32,35)/t19-/m0/s1. The molecule has 220 valence electrons. The number of nitrogens with zero attached hydrogens (tertiary/aromatic N) is 2. The number of rotatable bonds is 9. The second-order valence-corrected chi connectivity index (χ2v) is 12.5. The third-order valence-electron chi connectivity index (χ3n) is 7.01. The summed E-state index contributed by atoms with van der Waals surface area (Å²) in [6.45, 7) is 1.40. The van der Waals surface area contributed by atoms with E-state index in [2.05, 4.69) is 14.9 Å². The van der Waals surface area contributed by atoms with Gasteiger partial charge in [0.05, 0.1) is 23.5 Å². The van der Waals surface area contributed by atoms with E-state index in [0.29, 0.717) is 5.92 Å². The third kappa shape index (κ3) is 6.26. The van der Waals surface area contributed by atoms with Gasteiger partial charge in [-0.05, 0) is 74.4 Å². The van der Waals surface area contributed by atoms with Crippen LogP contribution in [-0.4, -0.2) is 49.0 Å². The number of alkyl halides is 3. The van der Waals surface area contributed by atoms with Crippen LogP contribution in [0.1, 0.15) is 56.0 Å². The Morgan fingerprint density at radius 2 is 1.93 bits per heavy atom. The first-order chi connectivity index (χ1) is 19.2. The lowest BCUT2D eigenvalue weighted by Gasteiger charge is -2.36. The van der Waals surface area contributed by atoms with Gasteiger partial charge in [0.25, 0.3) is 10.0 Å². The minimum Gasteiger partial charge on any atom is -0.486 e. The van der Waals surface area contributed by atoms with Gasteiger partial charge in [-0.1, -0.05) is 18.2 Å². The van der Waals surface area contributed by atoms with E-state index in [0.717, 1.165) is 32.3 Å². The van der Waals surface area contributed by atoms with Crippen molar-refractivity contribution in [1.82, 2.24) is 10.2 Å². The molecule has 41 heavy (non-hydrogen) atoms. The zero-order valence-electron chi connectivity index (χ0n) is 22.2. The van der Waals surface area contributed by atoms with Gasteiger partial charge in [0.2, 0.25) is 11.5 Å². The van der Waals surface area contributed by atoms with Crippen LogP contribution in [0.4, 0.5) is 18.9 Å².